The monoisotopic (exact) mass is 428 g/mol. The van der Waals surface area contributed by atoms with Crippen LogP contribution >= 0.6 is 0 Å². The highest BCUT2D eigenvalue weighted by molar-refractivity contribution is 6.24. The Bertz CT molecular complexity index is 1150. The third-order valence-corrected chi connectivity index (χ3v) is 6.46. The summed E-state index contributed by atoms with van der Waals surface area (Å²) >= 11 is 0. The van der Waals surface area contributed by atoms with Crippen LogP contribution in [0.3, 0.4) is 0 Å². The first-order valence-corrected chi connectivity index (χ1v) is 11.7. The topological polar surface area (TPSA) is 65.4 Å². The summed E-state index contributed by atoms with van der Waals surface area (Å²) in [6, 6.07) is 18.5. The fourth-order valence-corrected chi connectivity index (χ4v) is 4.76. The number of benzene rings is 2. The van der Waals surface area contributed by atoms with Gasteiger partial charge in [-0.2, -0.15) is 0 Å². The molecule has 0 aliphatic heterocycles. The molecule has 4 nitrogen and oxygen atoms in total. The standard InChI is InChI=1S/C28H32N2O2/c1-3-4-14-26(31)28-25(17-21(18-27(28)32)20-10-6-5-7-11-20)29-16-15-22-19(2)30-24-13-9-8-12-23(22)24/h5-13,21,30-31H,3-4,14-18H2,1-2H3/t21-/m1/s1. The number of ketones is 1. The first-order chi connectivity index (χ1) is 15.6. The summed E-state index contributed by atoms with van der Waals surface area (Å²) in [6.45, 7) is 4.78. The Morgan fingerprint density at radius 2 is 1.84 bits per heavy atom. The Labute approximate surface area is 190 Å². The van der Waals surface area contributed by atoms with Gasteiger partial charge in [-0.25, -0.2) is 0 Å². The van der Waals surface area contributed by atoms with Gasteiger partial charge in [0, 0.05) is 41.7 Å². The van der Waals surface area contributed by atoms with E-state index in [4.69, 9.17) is 4.99 Å². The molecule has 166 valence electrons. The molecule has 32 heavy (non-hydrogen) atoms. The van der Waals surface area contributed by atoms with Crippen LogP contribution in [-0.2, 0) is 11.2 Å². The predicted molar refractivity (Wildman–Crippen MR) is 132 cm³/mol. The molecule has 0 unspecified atom stereocenters. The molecule has 1 saturated carbocycles. The quantitative estimate of drug-likeness (QED) is 0.328. The molecule has 0 bridgehead atoms. The van der Waals surface area contributed by atoms with E-state index < -0.39 is 0 Å². The fourth-order valence-electron chi connectivity index (χ4n) is 4.76. The second kappa shape index (κ2) is 9.99. The number of aromatic amines is 1. The van der Waals surface area contributed by atoms with Crippen LogP contribution in [0.2, 0.25) is 0 Å². The molecule has 0 amide bonds. The van der Waals surface area contributed by atoms with Crippen LogP contribution in [0.15, 0.2) is 70.9 Å². The van der Waals surface area contributed by atoms with Crippen molar-refractivity contribution in [3.8, 4) is 0 Å². The van der Waals surface area contributed by atoms with Gasteiger partial charge in [-0.1, -0.05) is 61.9 Å². The smallest absolute Gasteiger partial charge is 0.168 e. The van der Waals surface area contributed by atoms with Gasteiger partial charge in [0.05, 0.1) is 5.57 Å². The van der Waals surface area contributed by atoms with Crippen LogP contribution < -0.4 is 0 Å². The molecule has 1 heterocycles. The van der Waals surface area contributed by atoms with E-state index in [1.807, 2.05) is 24.3 Å². The fraction of sp³-hybridized carbons (Fsp3) is 0.357. The Morgan fingerprint density at radius 1 is 1.09 bits per heavy atom. The van der Waals surface area contributed by atoms with Crippen molar-refractivity contribution in [2.24, 2.45) is 4.99 Å². The molecule has 3 aromatic rings. The highest BCUT2D eigenvalue weighted by Crippen LogP contribution is 2.34. The number of Topliss-reactive ketones (excluding diaryl/α,β-unsaturated/α-hetero) is 1. The number of aliphatic hydroxyl groups is 1. The number of allylic oxidation sites excluding steroid dienone is 2. The number of unbranched alkanes of at least 4 members (excludes halogenated alkanes) is 1. The maximum absolute atomic E-state index is 13.1. The number of nitrogens with zero attached hydrogens (tertiary/aromatic N) is 1. The third kappa shape index (κ3) is 4.69. The van der Waals surface area contributed by atoms with Crippen LogP contribution in [0.5, 0.6) is 0 Å². The number of aryl methyl sites for hydroxylation is 1. The van der Waals surface area contributed by atoms with Gasteiger partial charge in [0.25, 0.3) is 0 Å². The number of rotatable bonds is 7. The number of aromatic nitrogens is 1. The van der Waals surface area contributed by atoms with Gasteiger partial charge < -0.3 is 10.1 Å². The number of hydrogen-bond acceptors (Lipinski definition) is 3. The Kier molecular flexibility index (Phi) is 6.89. The second-order valence-corrected chi connectivity index (χ2v) is 8.72. The third-order valence-electron chi connectivity index (χ3n) is 6.46. The lowest BCUT2D eigenvalue weighted by Crippen LogP contribution is -2.27. The summed E-state index contributed by atoms with van der Waals surface area (Å²) in [7, 11) is 0. The van der Waals surface area contributed by atoms with Crippen molar-refractivity contribution in [1.82, 2.24) is 4.98 Å². The van der Waals surface area contributed by atoms with Gasteiger partial charge in [0.15, 0.2) is 5.78 Å². The normalized spacial score (nSPS) is 19.6. The van der Waals surface area contributed by atoms with Crippen LogP contribution in [-0.4, -0.2) is 28.1 Å². The van der Waals surface area contributed by atoms with Crippen molar-refractivity contribution in [3.63, 3.8) is 0 Å². The minimum atomic E-state index is 0.0146. The lowest BCUT2D eigenvalue weighted by atomic mass is 9.78. The number of fused-ring (bicyclic) bond motifs is 1. The number of nitrogens with one attached hydrogen (secondary N) is 1. The number of H-pyrrole nitrogens is 1. The number of hydrogen-bond donors (Lipinski definition) is 2. The van der Waals surface area contributed by atoms with Crippen LogP contribution in [0, 0.1) is 6.92 Å². The molecule has 2 aromatic carbocycles. The van der Waals surface area contributed by atoms with Crippen molar-refractivity contribution in [2.45, 2.75) is 58.3 Å². The van der Waals surface area contributed by atoms with E-state index in [1.165, 1.54) is 10.9 Å². The lowest BCUT2D eigenvalue weighted by molar-refractivity contribution is -0.116. The summed E-state index contributed by atoms with van der Waals surface area (Å²) in [5.74, 6) is 0.339. The summed E-state index contributed by atoms with van der Waals surface area (Å²) in [6.07, 6.45) is 4.29. The van der Waals surface area contributed by atoms with E-state index in [1.54, 1.807) is 0 Å². The molecule has 1 fully saturated rings. The van der Waals surface area contributed by atoms with Crippen molar-refractivity contribution in [1.29, 1.82) is 0 Å². The molecule has 0 saturated heterocycles. The zero-order chi connectivity index (χ0) is 22.5. The molecular formula is C28H32N2O2. The predicted octanol–water partition coefficient (Wildman–Crippen LogP) is 6.61. The van der Waals surface area contributed by atoms with Gasteiger partial charge in [-0.15, -0.1) is 0 Å². The first-order valence-electron chi connectivity index (χ1n) is 11.7. The summed E-state index contributed by atoms with van der Waals surface area (Å²) in [5.41, 5.74) is 5.97. The average molecular weight is 429 g/mol. The minimum absolute atomic E-state index is 0.0146. The molecule has 0 radical (unpaired) electrons. The molecular weight excluding hydrogens is 396 g/mol. The van der Waals surface area contributed by atoms with Crippen LogP contribution in [0.4, 0.5) is 0 Å². The summed E-state index contributed by atoms with van der Waals surface area (Å²) in [4.78, 5) is 21.5. The number of carbonyl (C=O) groups is 1. The zero-order valence-electron chi connectivity index (χ0n) is 19.0. The number of carbonyl (C=O) groups excluding carboxylic acids is 1. The Hall–Kier alpha value is -3.14. The maximum Gasteiger partial charge on any atom is 0.168 e. The molecule has 1 aliphatic rings. The largest absolute Gasteiger partial charge is 0.511 e. The molecule has 4 rings (SSSR count). The number of aliphatic imine (C=N–C) groups is 1. The highest BCUT2D eigenvalue weighted by atomic mass is 16.3. The molecule has 2 N–H and O–H groups in total. The lowest BCUT2D eigenvalue weighted by Gasteiger charge is -2.26. The molecule has 0 spiro atoms. The molecule has 1 aromatic heterocycles. The second-order valence-electron chi connectivity index (χ2n) is 8.72. The minimum Gasteiger partial charge on any atom is -0.511 e. The zero-order valence-corrected chi connectivity index (χ0v) is 19.0. The maximum atomic E-state index is 13.1. The van der Waals surface area contributed by atoms with E-state index in [2.05, 4.69) is 49.2 Å². The molecule has 4 heteroatoms. The van der Waals surface area contributed by atoms with E-state index in [9.17, 15) is 9.90 Å². The van der Waals surface area contributed by atoms with Crippen LogP contribution in [0.25, 0.3) is 10.9 Å². The number of aliphatic hydroxyl groups excluding tert-OH is 1. The van der Waals surface area contributed by atoms with Gasteiger partial charge in [0.2, 0.25) is 0 Å². The van der Waals surface area contributed by atoms with E-state index in [-0.39, 0.29) is 17.5 Å². The molecule has 1 atom stereocenters. The Balaban J connectivity index is 1.61. The summed E-state index contributed by atoms with van der Waals surface area (Å²) in [5, 5.41) is 12.0. The van der Waals surface area contributed by atoms with Crippen LogP contribution in [0.1, 0.15) is 61.8 Å². The highest BCUT2D eigenvalue weighted by Gasteiger charge is 2.32. The van der Waals surface area contributed by atoms with Gasteiger partial charge in [-0.05, 0) is 49.3 Å². The average Bonchev–Trinajstić information content (AvgIpc) is 3.13. The van der Waals surface area contributed by atoms with E-state index in [0.29, 0.717) is 31.4 Å². The molecule has 1 aliphatic carbocycles. The number of para-hydroxylation sites is 1. The van der Waals surface area contributed by atoms with E-state index in [0.717, 1.165) is 41.7 Å². The SMILES string of the molecule is CCCCC(O)=C1C(=O)C[C@H](c2ccccc2)CC1=NCCc1c(C)[nH]c2ccccc12. The van der Waals surface area contributed by atoms with Crippen molar-refractivity contribution in [2.75, 3.05) is 6.54 Å². The van der Waals surface area contributed by atoms with Crippen molar-refractivity contribution >= 4 is 22.4 Å². The Morgan fingerprint density at radius 3 is 2.62 bits per heavy atom. The first kappa shape index (κ1) is 22.1. The van der Waals surface area contributed by atoms with Crippen molar-refractivity contribution in [3.05, 3.63) is 82.8 Å². The summed E-state index contributed by atoms with van der Waals surface area (Å²) < 4.78 is 0. The van der Waals surface area contributed by atoms with Gasteiger partial charge >= 0.3 is 0 Å². The van der Waals surface area contributed by atoms with E-state index >= 15 is 0 Å². The van der Waals surface area contributed by atoms with Gasteiger partial charge in [-0.3, -0.25) is 9.79 Å². The van der Waals surface area contributed by atoms with Crippen molar-refractivity contribution < 1.29 is 9.90 Å². The van der Waals surface area contributed by atoms with Gasteiger partial charge in [0.1, 0.15) is 5.76 Å².